The Morgan fingerprint density at radius 2 is 1.74 bits per heavy atom. The molecule has 182 valence electrons. The monoisotopic (exact) mass is 505 g/mol. The van der Waals surface area contributed by atoms with E-state index in [-0.39, 0.29) is 30.0 Å². The highest BCUT2D eigenvalue weighted by molar-refractivity contribution is 5.97. The number of likely N-dealkylation sites (tertiary alicyclic amines) is 1. The molecule has 1 saturated heterocycles. The SMILES string of the molecule is Cl.O=C(O)C1CN(Cc2ccc(-c3noc(-c4ccc(OC(F)(F)F)cc4)n3)c3ccccc23)C1. The summed E-state index contributed by atoms with van der Waals surface area (Å²) in [5.74, 6) is -0.913. The third kappa shape index (κ3) is 5.23. The van der Waals surface area contributed by atoms with E-state index in [4.69, 9.17) is 9.63 Å². The number of rotatable bonds is 6. The molecule has 3 aromatic carbocycles. The average molecular weight is 506 g/mol. The summed E-state index contributed by atoms with van der Waals surface area (Å²) >= 11 is 0. The molecule has 1 aliphatic heterocycles. The van der Waals surface area contributed by atoms with Gasteiger partial charge in [0.15, 0.2) is 0 Å². The van der Waals surface area contributed by atoms with E-state index in [1.54, 1.807) is 0 Å². The molecule has 0 unspecified atom stereocenters. The Kier molecular flexibility index (Phi) is 6.68. The first-order valence-electron chi connectivity index (χ1n) is 10.4. The summed E-state index contributed by atoms with van der Waals surface area (Å²) in [6.07, 6.45) is -4.76. The van der Waals surface area contributed by atoms with Crippen LogP contribution in [0.2, 0.25) is 0 Å². The van der Waals surface area contributed by atoms with Crippen LogP contribution in [0.3, 0.4) is 0 Å². The number of halogens is 4. The quantitative estimate of drug-likeness (QED) is 0.375. The number of alkyl halides is 3. The predicted molar refractivity (Wildman–Crippen MR) is 123 cm³/mol. The summed E-state index contributed by atoms with van der Waals surface area (Å²) in [6, 6.07) is 16.8. The first-order chi connectivity index (χ1) is 16.3. The van der Waals surface area contributed by atoms with E-state index in [2.05, 4.69) is 19.8 Å². The molecule has 4 aromatic rings. The van der Waals surface area contributed by atoms with Gasteiger partial charge in [-0.05, 0) is 40.6 Å². The number of hydrogen-bond acceptors (Lipinski definition) is 6. The molecule has 5 rings (SSSR count). The van der Waals surface area contributed by atoms with Crippen molar-refractivity contribution in [3.05, 3.63) is 66.2 Å². The molecule has 0 radical (unpaired) electrons. The molecule has 0 aliphatic carbocycles. The van der Waals surface area contributed by atoms with Crippen LogP contribution in [0.1, 0.15) is 5.56 Å². The number of aromatic nitrogens is 2. The molecule has 1 fully saturated rings. The molecule has 7 nitrogen and oxygen atoms in total. The number of hydrogen-bond donors (Lipinski definition) is 1. The standard InChI is InChI=1S/C24H18F3N3O4.ClH/c25-24(26,27)33-17-8-5-14(6-9-17)22-28-21(29-34-22)20-10-7-15(18-3-1-2-4-19(18)20)11-30-12-16(13-30)23(31)32;/h1-10,16H,11-13H2,(H,31,32);1H. The number of aliphatic carboxylic acids is 1. The van der Waals surface area contributed by atoms with Gasteiger partial charge in [-0.1, -0.05) is 41.6 Å². The van der Waals surface area contributed by atoms with Gasteiger partial charge in [-0.3, -0.25) is 9.69 Å². The summed E-state index contributed by atoms with van der Waals surface area (Å²) in [7, 11) is 0. The smallest absolute Gasteiger partial charge is 0.481 e. The van der Waals surface area contributed by atoms with Gasteiger partial charge in [-0.25, -0.2) is 0 Å². The summed E-state index contributed by atoms with van der Waals surface area (Å²) in [5, 5.41) is 15.1. The predicted octanol–water partition coefficient (Wildman–Crippen LogP) is 5.39. The fourth-order valence-corrected chi connectivity index (χ4v) is 4.04. The van der Waals surface area contributed by atoms with Crippen molar-refractivity contribution in [3.63, 3.8) is 0 Å². The second kappa shape index (κ2) is 9.55. The molecule has 1 aromatic heterocycles. The summed E-state index contributed by atoms with van der Waals surface area (Å²) in [6.45, 7) is 1.67. The number of fused-ring (bicyclic) bond motifs is 1. The summed E-state index contributed by atoms with van der Waals surface area (Å²) in [5.41, 5.74) is 2.27. The number of nitrogens with zero attached hydrogens (tertiary/aromatic N) is 3. The first kappa shape index (κ1) is 24.5. The summed E-state index contributed by atoms with van der Waals surface area (Å²) in [4.78, 5) is 17.6. The van der Waals surface area contributed by atoms with Crippen LogP contribution in [-0.4, -0.2) is 45.6 Å². The number of carboxylic acids is 1. The lowest BCUT2D eigenvalue weighted by Crippen LogP contribution is -2.49. The van der Waals surface area contributed by atoms with Crippen LogP contribution in [0.5, 0.6) is 5.75 Å². The van der Waals surface area contributed by atoms with Gasteiger partial charge in [0.05, 0.1) is 5.92 Å². The molecule has 1 aliphatic rings. The van der Waals surface area contributed by atoms with Crippen molar-refractivity contribution in [2.45, 2.75) is 12.9 Å². The van der Waals surface area contributed by atoms with E-state index in [1.807, 2.05) is 36.4 Å². The van der Waals surface area contributed by atoms with Gasteiger partial charge in [0.25, 0.3) is 5.89 Å². The van der Waals surface area contributed by atoms with Crippen molar-refractivity contribution in [3.8, 4) is 28.6 Å². The minimum Gasteiger partial charge on any atom is -0.481 e. The van der Waals surface area contributed by atoms with Crippen LogP contribution in [-0.2, 0) is 11.3 Å². The highest BCUT2D eigenvalue weighted by Crippen LogP contribution is 2.33. The molecular weight excluding hydrogens is 487 g/mol. The van der Waals surface area contributed by atoms with Gasteiger partial charge in [0, 0.05) is 30.8 Å². The number of benzene rings is 3. The van der Waals surface area contributed by atoms with Crippen LogP contribution in [0, 0.1) is 5.92 Å². The topological polar surface area (TPSA) is 88.7 Å². The Balaban J connectivity index is 0.00000289. The van der Waals surface area contributed by atoms with Crippen LogP contribution < -0.4 is 4.74 Å². The molecule has 0 amide bonds. The average Bonchev–Trinajstić information content (AvgIpc) is 3.25. The molecule has 0 saturated carbocycles. The second-order valence-electron chi connectivity index (χ2n) is 8.04. The molecule has 2 heterocycles. The molecule has 0 spiro atoms. The molecule has 0 atom stereocenters. The Hall–Kier alpha value is -3.63. The van der Waals surface area contributed by atoms with E-state index in [9.17, 15) is 18.0 Å². The third-order valence-corrected chi connectivity index (χ3v) is 5.72. The Labute approximate surface area is 203 Å². The van der Waals surface area contributed by atoms with E-state index >= 15 is 0 Å². The maximum Gasteiger partial charge on any atom is 0.573 e. The fourth-order valence-electron chi connectivity index (χ4n) is 4.04. The van der Waals surface area contributed by atoms with Gasteiger partial charge in [0.2, 0.25) is 5.82 Å². The van der Waals surface area contributed by atoms with E-state index in [0.717, 1.165) is 21.9 Å². The van der Waals surface area contributed by atoms with Crippen molar-refractivity contribution < 1.29 is 32.3 Å². The normalized spacial score (nSPS) is 14.4. The molecule has 1 N–H and O–H groups in total. The van der Waals surface area contributed by atoms with E-state index in [0.29, 0.717) is 31.0 Å². The van der Waals surface area contributed by atoms with Crippen molar-refractivity contribution in [1.29, 1.82) is 0 Å². The second-order valence-corrected chi connectivity index (χ2v) is 8.04. The highest BCUT2D eigenvalue weighted by atomic mass is 35.5. The van der Waals surface area contributed by atoms with Gasteiger partial charge in [-0.2, -0.15) is 4.98 Å². The van der Waals surface area contributed by atoms with Gasteiger partial charge in [0.1, 0.15) is 5.75 Å². The largest absolute Gasteiger partial charge is 0.573 e. The maximum absolute atomic E-state index is 12.4. The fraction of sp³-hybridized carbons (Fsp3) is 0.208. The first-order valence-corrected chi connectivity index (χ1v) is 10.4. The van der Waals surface area contributed by atoms with Crippen molar-refractivity contribution in [2.75, 3.05) is 13.1 Å². The van der Waals surface area contributed by atoms with Crippen molar-refractivity contribution in [1.82, 2.24) is 15.0 Å². The van der Waals surface area contributed by atoms with Gasteiger partial charge in [-0.15, -0.1) is 25.6 Å². The van der Waals surface area contributed by atoms with Crippen molar-refractivity contribution >= 4 is 29.1 Å². The van der Waals surface area contributed by atoms with Gasteiger partial charge >= 0.3 is 12.3 Å². The zero-order valence-electron chi connectivity index (χ0n) is 18.0. The molecule has 0 bridgehead atoms. The Morgan fingerprint density at radius 1 is 1.06 bits per heavy atom. The van der Waals surface area contributed by atoms with Gasteiger partial charge < -0.3 is 14.4 Å². The molecule has 35 heavy (non-hydrogen) atoms. The molecule has 11 heteroatoms. The highest BCUT2D eigenvalue weighted by Gasteiger charge is 2.33. The van der Waals surface area contributed by atoms with Crippen molar-refractivity contribution in [2.24, 2.45) is 5.92 Å². The zero-order chi connectivity index (χ0) is 23.9. The van der Waals surface area contributed by atoms with Crippen LogP contribution >= 0.6 is 12.4 Å². The van der Waals surface area contributed by atoms with E-state index < -0.39 is 12.3 Å². The number of ether oxygens (including phenoxy) is 1. The molecular formula is C24H19ClF3N3O4. The Bertz CT molecular complexity index is 1350. The lowest BCUT2D eigenvalue weighted by Gasteiger charge is -2.36. The van der Waals surface area contributed by atoms with Crippen LogP contribution in [0.4, 0.5) is 13.2 Å². The van der Waals surface area contributed by atoms with Crippen LogP contribution in [0.25, 0.3) is 33.6 Å². The third-order valence-electron chi connectivity index (χ3n) is 5.72. The minimum atomic E-state index is -4.76. The summed E-state index contributed by atoms with van der Waals surface area (Å²) < 4.78 is 46.3. The Morgan fingerprint density at radius 3 is 2.40 bits per heavy atom. The lowest BCUT2D eigenvalue weighted by molar-refractivity contribution is -0.274. The van der Waals surface area contributed by atoms with E-state index in [1.165, 1.54) is 24.3 Å². The zero-order valence-corrected chi connectivity index (χ0v) is 18.8. The van der Waals surface area contributed by atoms with Crippen LogP contribution in [0.15, 0.2) is 65.2 Å². The minimum absolute atomic E-state index is 0. The number of carboxylic acid groups (broad SMARTS) is 1. The number of carbonyl (C=O) groups is 1. The lowest BCUT2D eigenvalue weighted by atomic mass is 9.95. The maximum atomic E-state index is 12.4.